The van der Waals surface area contributed by atoms with Gasteiger partial charge in [0.25, 0.3) is 0 Å². The molecule has 0 fully saturated rings. The third-order valence-corrected chi connectivity index (χ3v) is 2.96. The molecule has 0 bridgehead atoms. The van der Waals surface area contributed by atoms with Gasteiger partial charge in [-0.1, -0.05) is 23.2 Å². The zero-order valence-corrected chi connectivity index (χ0v) is 11.0. The smallest absolute Gasteiger partial charge is 0.310 e. The number of hydrogen-bond acceptors (Lipinski definition) is 2. The van der Waals surface area contributed by atoms with E-state index < -0.39 is 0 Å². The summed E-state index contributed by atoms with van der Waals surface area (Å²) in [7, 11) is 0. The lowest BCUT2D eigenvalue weighted by atomic mass is 10.1. The zero-order chi connectivity index (χ0) is 12.1. The third-order valence-electron chi connectivity index (χ3n) is 1.97. The molecule has 0 atom stereocenters. The van der Waals surface area contributed by atoms with Gasteiger partial charge in [-0.2, -0.15) is 0 Å². The largest absolute Gasteiger partial charge is 0.466 e. The van der Waals surface area contributed by atoms with Gasteiger partial charge in [0.05, 0.1) is 13.0 Å². The van der Waals surface area contributed by atoms with Crippen molar-refractivity contribution in [3.05, 3.63) is 33.3 Å². The van der Waals surface area contributed by atoms with E-state index in [4.69, 9.17) is 39.5 Å². The molecular formula is C11H11Cl3O2. The number of ether oxygens (including phenoxy) is 1. The Kier molecular flexibility index (Phi) is 5.39. The zero-order valence-electron chi connectivity index (χ0n) is 8.73. The van der Waals surface area contributed by atoms with E-state index >= 15 is 0 Å². The molecule has 0 aliphatic carbocycles. The second-order valence-electron chi connectivity index (χ2n) is 3.15. The summed E-state index contributed by atoms with van der Waals surface area (Å²) >= 11 is 17.7. The molecule has 0 aliphatic heterocycles. The maximum absolute atomic E-state index is 11.3. The van der Waals surface area contributed by atoms with Gasteiger partial charge in [0, 0.05) is 15.9 Å². The summed E-state index contributed by atoms with van der Waals surface area (Å²) in [5.74, 6) is -0.0675. The lowest BCUT2D eigenvalue weighted by Crippen LogP contribution is -2.08. The van der Waals surface area contributed by atoms with Gasteiger partial charge in [-0.05, 0) is 30.2 Å². The van der Waals surface area contributed by atoms with Gasteiger partial charge in [0.2, 0.25) is 0 Å². The fourth-order valence-corrected chi connectivity index (χ4v) is 2.09. The Balaban J connectivity index is 2.95. The summed E-state index contributed by atoms with van der Waals surface area (Å²) in [6.07, 6.45) is 0.108. The average Bonchev–Trinajstić information content (AvgIpc) is 2.23. The van der Waals surface area contributed by atoms with Crippen molar-refractivity contribution >= 4 is 40.8 Å². The van der Waals surface area contributed by atoms with Crippen molar-refractivity contribution in [1.29, 1.82) is 0 Å². The standard InChI is InChI=1S/C11H11Cl3O2/c1-2-16-10(15)5-7-3-9(13)4-8(6-12)11(7)14/h3-4H,2,5-6H2,1H3. The second-order valence-corrected chi connectivity index (χ2v) is 4.24. The molecule has 0 saturated heterocycles. The minimum Gasteiger partial charge on any atom is -0.466 e. The number of halogens is 3. The number of carbonyl (C=O) groups excluding carboxylic acids is 1. The summed E-state index contributed by atoms with van der Waals surface area (Å²) < 4.78 is 4.84. The van der Waals surface area contributed by atoms with Crippen LogP contribution >= 0.6 is 34.8 Å². The first-order valence-corrected chi connectivity index (χ1v) is 6.06. The molecule has 0 aliphatic rings. The van der Waals surface area contributed by atoms with Crippen LogP contribution in [0.15, 0.2) is 12.1 Å². The first-order valence-electron chi connectivity index (χ1n) is 4.76. The van der Waals surface area contributed by atoms with Gasteiger partial charge >= 0.3 is 5.97 Å². The molecule has 0 amide bonds. The van der Waals surface area contributed by atoms with E-state index in [1.165, 1.54) is 0 Å². The molecule has 0 aromatic heterocycles. The van der Waals surface area contributed by atoms with Gasteiger partial charge in [-0.15, -0.1) is 11.6 Å². The lowest BCUT2D eigenvalue weighted by Gasteiger charge is -2.08. The highest BCUT2D eigenvalue weighted by Gasteiger charge is 2.12. The van der Waals surface area contributed by atoms with Crippen LogP contribution in [0.2, 0.25) is 10.0 Å². The van der Waals surface area contributed by atoms with Crippen LogP contribution in [-0.2, 0) is 21.8 Å². The topological polar surface area (TPSA) is 26.3 Å². The molecule has 0 heterocycles. The minimum atomic E-state index is -0.327. The van der Waals surface area contributed by atoms with Crippen molar-refractivity contribution in [1.82, 2.24) is 0 Å². The van der Waals surface area contributed by atoms with E-state index in [1.807, 2.05) is 0 Å². The van der Waals surface area contributed by atoms with Crippen LogP contribution in [0.5, 0.6) is 0 Å². The Morgan fingerprint density at radius 3 is 2.50 bits per heavy atom. The molecule has 5 heteroatoms. The first-order chi connectivity index (χ1) is 7.58. The van der Waals surface area contributed by atoms with Gasteiger partial charge < -0.3 is 4.74 Å². The van der Waals surface area contributed by atoms with Crippen LogP contribution in [0.1, 0.15) is 18.1 Å². The Bertz CT molecular complexity index is 391. The van der Waals surface area contributed by atoms with Crippen molar-refractivity contribution in [3.63, 3.8) is 0 Å². The maximum atomic E-state index is 11.3. The van der Waals surface area contributed by atoms with E-state index in [1.54, 1.807) is 19.1 Å². The van der Waals surface area contributed by atoms with E-state index in [-0.39, 0.29) is 18.3 Å². The molecule has 0 unspecified atom stereocenters. The molecule has 0 N–H and O–H groups in total. The van der Waals surface area contributed by atoms with Crippen LogP contribution in [0, 0.1) is 0 Å². The van der Waals surface area contributed by atoms with Crippen LogP contribution in [-0.4, -0.2) is 12.6 Å². The number of esters is 1. The average molecular weight is 282 g/mol. The van der Waals surface area contributed by atoms with E-state index in [0.717, 1.165) is 5.56 Å². The monoisotopic (exact) mass is 280 g/mol. The van der Waals surface area contributed by atoms with Crippen molar-refractivity contribution in [2.24, 2.45) is 0 Å². The SMILES string of the molecule is CCOC(=O)Cc1cc(Cl)cc(CCl)c1Cl. The predicted octanol–water partition coefficient (Wildman–Crippen LogP) is 3.84. The molecule has 1 aromatic carbocycles. The Morgan fingerprint density at radius 1 is 1.31 bits per heavy atom. The van der Waals surface area contributed by atoms with Crippen LogP contribution in [0.4, 0.5) is 0 Å². The summed E-state index contributed by atoms with van der Waals surface area (Å²) in [4.78, 5) is 11.3. The lowest BCUT2D eigenvalue weighted by molar-refractivity contribution is -0.142. The molecular weight excluding hydrogens is 270 g/mol. The molecule has 1 aromatic rings. The normalized spacial score (nSPS) is 10.2. The third kappa shape index (κ3) is 3.55. The minimum absolute atomic E-state index is 0.108. The van der Waals surface area contributed by atoms with Crippen molar-refractivity contribution in [2.75, 3.05) is 6.61 Å². The van der Waals surface area contributed by atoms with Crippen LogP contribution < -0.4 is 0 Å². The van der Waals surface area contributed by atoms with E-state index in [2.05, 4.69) is 0 Å². The van der Waals surface area contributed by atoms with Gasteiger partial charge in [-0.3, -0.25) is 4.79 Å². The van der Waals surface area contributed by atoms with Gasteiger partial charge in [-0.25, -0.2) is 0 Å². The van der Waals surface area contributed by atoms with Crippen molar-refractivity contribution in [2.45, 2.75) is 19.2 Å². The maximum Gasteiger partial charge on any atom is 0.310 e. The molecule has 0 spiro atoms. The molecule has 0 radical (unpaired) electrons. The van der Waals surface area contributed by atoms with Crippen LogP contribution in [0.3, 0.4) is 0 Å². The van der Waals surface area contributed by atoms with Crippen LogP contribution in [0.25, 0.3) is 0 Å². The van der Waals surface area contributed by atoms with Crippen molar-refractivity contribution < 1.29 is 9.53 Å². The summed E-state index contributed by atoms with van der Waals surface area (Å²) in [6, 6.07) is 3.34. The molecule has 88 valence electrons. The molecule has 2 nitrogen and oxygen atoms in total. The molecule has 0 saturated carbocycles. The summed E-state index contributed by atoms with van der Waals surface area (Å²) in [5, 5.41) is 0.992. The van der Waals surface area contributed by atoms with E-state index in [0.29, 0.717) is 22.2 Å². The number of rotatable bonds is 4. The quantitative estimate of drug-likeness (QED) is 0.619. The fourth-order valence-electron chi connectivity index (χ4n) is 1.30. The summed E-state index contributed by atoms with van der Waals surface area (Å²) in [6.45, 7) is 2.10. The van der Waals surface area contributed by atoms with Crippen molar-refractivity contribution in [3.8, 4) is 0 Å². The fraction of sp³-hybridized carbons (Fsp3) is 0.364. The number of alkyl halides is 1. The second kappa shape index (κ2) is 6.33. The highest BCUT2D eigenvalue weighted by atomic mass is 35.5. The predicted molar refractivity (Wildman–Crippen MR) is 66.4 cm³/mol. The Labute approximate surface area is 109 Å². The molecule has 16 heavy (non-hydrogen) atoms. The number of hydrogen-bond donors (Lipinski definition) is 0. The number of benzene rings is 1. The summed E-state index contributed by atoms with van der Waals surface area (Å²) in [5.41, 5.74) is 1.36. The van der Waals surface area contributed by atoms with Gasteiger partial charge in [0.15, 0.2) is 0 Å². The highest BCUT2D eigenvalue weighted by molar-refractivity contribution is 6.35. The number of carbonyl (C=O) groups is 1. The van der Waals surface area contributed by atoms with E-state index in [9.17, 15) is 4.79 Å². The Morgan fingerprint density at radius 2 is 1.94 bits per heavy atom. The first kappa shape index (κ1) is 13.6. The van der Waals surface area contributed by atoms with Gasteiger partial charge in [0.1, 0.15) is 0 Å². The molecule has 1 rings (SSSR count). The highest BCUT2D eigenvalue weighted by Crippen LogP contribution is 2.27. The Hall–Kier alpha value is -0.440.